The molecule has 5 heteroatoms. The fourth-order valence-corrected chi connectivity index (χ4v) is 3.94. The zero-order valence-electron chi connectivity index (χ0n) is 12.2. The van der Waals surface area contributed by atoms with Crippen LogP contribution in [0, 0.1) is 5.92 Å². The van der Waals surface area contributed by atoms with Crippen LogP contribution in [-0.2, 0) is 13.3 Å². The van der Waals surface area contributed by atoms with Crippen molar-refractivity contribution in [3.05, 3.63) is 0 Å². The molecular formula is C12H27NO3Si. The van der Waals surface area contributed by atoms with Gasteiger partial charge in [0.15, 0.2) is 0 Å². The van der Waals surface area contributed by atoms with E-state index in [2.05, 4.69) is 32.7 Å². The third kappa shape index (κ3) is 5.29. The van der Waals surface area contributed by atoms with Crippen LogP contribution in [0.4, 0.5) is 0 Å². The Hall–Kier alpha value is -0.233. The molecule has 0 aliphatic rings. The Bertz CT molecular complexity index is 232. The summed E-state index contributed by atoms with van der Waals surface area (Å²) in [5, 5.41) is 0. The molecule has 0 N–H and O–H groups in total. The molecule has 0 aliphatic carbocycles. The van der Waals surface area contributed by atoms with Gasteiger partial charge in [0.25, 0.3) is 0 Å². The highest BCUT2D eigenvalue weighted by Crippen LogP contribution is 2.23. The molecule has 0 fully saturated rings. The first-order chi connectivity index (χ1) is 7.91. The maximum Gasteiger partial charge on any atom is 0.505 e. The van der Waals surface area contributed by atoms with E-state index in [1.54, 1.807) is 21.3 Å². The van der Waals surface area contributed by atoms with Gasteiger partial charge < -0.3 is 13.3 Å². The first kappa shape index (κ1) is 16.8. The fourth-order valence-electron chi connectivity index (χ4n) is 1.91. The molecule has 102 valence electrons. The van der Waals surface area contributed by atoms with Crippen molar-refractivity contribution in [1.29, 1.82) is 0 Å². The highest BCUT2D eigenvalue weighted by Gasteiger charge is 2.44. The van der Waals surface area contributed by atoms with Crippen molar-refractivity contribution < 1.29 is 13.3 Å². The van der Waals surface area contributed by atoms with E-state index in [1.165, 1.54) is 5.71 Å². The molecule has 0 radical (unpaired) electrons. The Morgan fingerprint density at radius 3 is 1.88 bits per heavy atom. The van der Waals surface area contributed by atoms with Crippen LogP contribution in [0.3, 0.4) is 0 Å². The monoisotopic (exact) mass is 261 g/mol. The van der Waals surface area contributed by atoms with Gasteiger partial charge in [-0.1, -0.05) is 20.8 Å². The molecule has 0 saturated heterocycles. The Kier molecular flexibility index (Phi) is 7.86. The van der Waals surface area contributed by atoms with Gasteiger partial charge in [0.05, 0.1) is 0 Å². The first-order valence-corrected chi connectivity index (χ1v) is 7.87. The molecule has 0 rings (SSSR count). The quantitative estimate of drug-likeness (QED) is 0.498. The van der Waals surface area contributed by atoms with Gasteiger partial charge in [-0.25, -0.2) is 0 Å². The molecule has 0 amide bonds. The van der Waals surface area contributed by atoms with E-state index in [1.807, 2.05) is 0 Å². The summed E-state index contributed by atoms with van der Waals surface area (Å²) in [4.78, 5) is 4.59. The van der Waals surface area contributed by atoms with Gasteiger partial charge in [-0.15, -0.1) is 0 Å². The van der Waals surface area contributed by atoms with Gasteiger partial charge in [0.1, 0.15) is 0 Å². The molecule has 0 saturated carbocycles. The lowest BCUT2D eigenvalue weighted by Gasteiger charge is -2.29. The lowest BCUT2D eigenvalue weighted by molar-refractivity contribution is 0.114. The van der Waals surface area contributed by atoms with Gasteiger partial charge in [-0.3, -0.25) is 4.99 Å². The fraction of sp³-hybridized carbons (Fsp3) is 0.917. The summed E-state index contributed by atoms with van der Waals surface area (Å²) < 4.78 is 16.3. The SMILES string of the molecule is CO[Si](OC)(OC)C(C)CN=C(C)CC(C)C. The molecular weight excluding hydrogens is 234 g/mol. The topological polar surface area (TPSA) is 40.0 Å². The van der Waals surface area contributed by atoms with Crippen LogP contribution in [0.15, 0.2) is 4.99 Å². The minimum atomic E-state index is -2.53. The molecule has 0 aromatic heterocycles. The van der Waals surface area contributed by atoms with Gasteiger partial charge in [0.2, 0.25) is 0 Å². The number of rotatable bonds is 8. The Balaban J connectivity index is 4.46. The third-order valence-corrected chi connectivity index (χ3v) is 5.89. The smallest absolute Gasteiger partial charge is 0.377 e. The second kappa shape index (κ2) is 7.97. The van der Waals surface area contributed by atoms with E-state index in [0.717, 1.165) is 6.42 Å². The van der Waals surface area contributed by atoms with Crippen molar-refractivity contribution >= 4 is 14.5 Å². The molecule has 0 aromatic rings. The van der Waals surface area contributed by atoms with Gasteiger partial charge >= 0.3 is 8.80 Å². The van der Waals surface area contributed by atoms with E-state index < -0.39 is 8.80 Å². The second-order valence-electron chi connectivity index (χ2n) is 4.79. The maximum absolute atomic E-state index is 5.44. The first-order valence-electron chi connectivity index (χ1n) is 6.07. The van der Waals surface area contributed by atoms with Crippen LogP contribution in [0.25, 0.3) is 0 Å². The van der Waals surface area contributed by atoms with Gasteiger partial charge in [0, 0.05) is 39.1 Å². The Morgan fingerprint density at radius 1 is 1.06 bits per heavy atom. The van der Waals surface area contributed by atoms with Crippen molar-refractivity contribution in [2.75, 3.05) is 27.9 Å². The van der Waals surface area contributed by atoms with Crippen LogP contribution in [0.1, 0.15) is 34.1 Å². The van der Waals surface area contributed by atoms with E-state index in [0.29, 0.717) is 12.5 Å². The molecule has 0 spiro atoms. The second-order valence-corrected chi connectivity index (χ2v) is 8.21. The Morgan fingerprint density at radius 2 is 1.53 bits per heavy atom. The van der Waals surface area contributed by atoms with Crippen LogP contribution >= 0.6 is 0 Å². The van der Waals surface area contributed by atoms with Crippen molar-refractivity contribution in [2.45, 2.75) is 39.7 Å². The van der Waals surface area contributed by atoms with Crippen molar-refractivity contribution in [3.63, 3.8) is 0 Å². The minimum Gasteiger partial charge on any atom is -0.377 e. The summed E-state index contributed by atoms with van der Waals surface area (Å²) in [5.41, 5.74) is 1.35. The van der Waals surface area contributed by atoms with Crippen molar-refractivity contribution in [3.8, 4) is 0 Å². The molecule has 0 aliphatic heterocycles. The minimum absolute atomic E-state index is 0.171. The molecule has 0 heterocycles. The van der Waals surface area contributed by atoms with E-state index >= 15 is 0 Å². The zero-order chi connectivity index (χ0) is 13.5. The van der Waals surface area contributed by atoms with E-state index in [9.17, 15) is 0 Å². The summed E-state index contributed by atoms with van der Waals surface area (Å²) in [7, 11) is 2.38. The lowest BCUT2D eigenvalue weighted by atomic mass is 10.1. The van der Waals surface area contributed by atoms with Crippen LogP contribution in [0.5, 0.6) is 0 Å². The lowest BCUT2D eigenvalue weighted by Crippen LogP contribution is -2.47. The normalized spacial score (nSPS) is 15.4. The average Bonchev–Trinajstić information content (AvgIpc) is 2.28. The highest BCUT2D eigenvalue weighted by molar-refractivity contribution is 6.62. The van der Waals surface area contributed by atoms with E-state index in [-0.39, 0.29) is 5.54 Å². The zero-order valence-corrected chi connectivity index (χ0v) is 13.2. The standard InChI is InChI=1S/C12H27NO3Si/c1-10(2)8-11(3)13-9-12(4)17(14-5,15-6)16-7/h10,12H,8-9H2,1-7H3. The van der Waals surface area contributed by atoms with Crippen LogP contribution in [-0.4, -0.2) is 42.4 Å². The van der Waals surface area contributed by atoms with Gasteiger partial charge in [-0.2, -0.15) is 0 Å². The van der Waals surface area contributed by atoms with Gasteiger partial charge in [-0.05, 0) is 19.3 Å². The highest BCUT2D eigenvalue weighted by atomic mass is 28.4. The van der Waals surface area contributed by atoms with Crippen molar-refractivity contribution in [1.82, 2.24) is 0 Å². The predicted molar refractivity (Wildman–Crippen MR) is 73.6 cm³/mol. The summed E-state index contributed by atoms with van der Waals surface area (Å²) in [6.45, 7) is 9.22. The molecule has 17 heavy (non-hydrogen) atoms. The maximum atomic E-state index is 5.44. The number of hydrogen-bond donors (Lipinski definition) is 0. The molecule has 0 aromatic carbocycles. The summed E-state index contributed by atoms with van der Waals surface area (Å²) in [6, 6.07) is 0. The van der Waals surface area contributed by atoms with Crippen LogP contribution < -0.4 is 0 Å². The average molecular weight is 261 g/mol. The molecule has 4 nitrogen and oxygen atoms in total. The van der Waals surface area contributed by atoms with E-state index in [4.69, 9.17) is 13.3 Å². The van der Waals surface area contributed by atoms with Crippen molar-refractivity contribution in [2.24, 2.45) is 10.9 Å². The summed E-state index contributed by atoms with van der Waals surface area (Å²) in [6.07, 6.45) is 1.04. The molecule has 0 bridgehead atoms. The molecule has 1 unspecified atom stereocenters. The summed E-state index contributed by atoms with van der Waals surface area (Å²) >= 11 is 0. The number of hydrogen-bond acceptors (Lipinski definition) is 4. The largest absolute Gasteiger partial charge is 0.505 e. The predicted octanol–water partition coefficient (Wildman–Crippen LogP) is 2.76. The summed E-state index contributed by atoms with van der Waals surface area (Å²) in [5.74, 6) is 0.642. The third-order valence-electron chi connectivity index (χ3n) is 2.80. The molecule has 1 atom stereocenters. The Labute approximate surface area is 107 Å². The van der Waals surface area contributed by atoms with Crippen LogP contribution in [0.2, 0.25) is 5.54 Å². The number of nitrogens with zero attached hydrogens (tertiary/aromatic N) is 1. The number of aliphatic imine (C=N–C) groups is 1.